The summed E-state index contributed by atoms with van der Waals surface area (Å²) >= 11 is 0. The van der Waals surface area contributed by atoms with Gasteiger partial charge < -0.3 is 15.4 Å². The van der Waals surface area contributed by atoms with Crippen molar-refractivity contribution < 1.29 is 9.13 Å². The van der Waals surface area contributed by atoms with Gasteiger partial charge in [0.15, 0.2) is 5.96 Å². The minimum Gasteiger partial charge on any atom is -0.481 e. The quantitative estimate of drug-likeness (QED) is 0.409. The van der Waals surface area contributed by atoms with E-state index >= 15 is 0 Å². The molecule has 2 aromatic rings. The second kappa shape index (κ2) is 10.8. The summed E-state index contributed by atoms with van der Waals surface area (Å²) < 4.78 is 18.2. The third kappa shape index (κ3) is 6.69. The van der Waals surface area contributed by atoms with Crippen molar-refractivity contribution in [3.8, 4) is 5.88 Å². The molecule has 5 nitrogen and oxygen atoms in total. The Balaban J connectivity index is 0.00000288. The minimum atomic E-state index is -0.240. The average molecular weight is 444 g/mol. The van der Waals surface area contributed by atoms with E-state index in [0.29, 0.717) is 24.9 Å². The van der Waals surface area contributed by atoms with E-state index in [1.807, 2.05) is 19.1 Å². The van der Waals surface area contributed by atoms with Crippen LogP contribution in [0.25, 0.3) is 0 Å². The zero-order valence-corrected chi connectivity index (χ0v) is 16.1. The van der Waals surface area contributed by atoms with Gasteiger partial charge in [-0.2, -0.15) is 0 Å². The molecule has 0 unspecified atom stereocenters. The number of methoxy groups -OCH3 is 1. The van der Waals surface area contributed by atoms with Crippen LogP contribution in [0.2, 0.25) is 0 Å². The molecule has 2 rings (SSSR count). The van der Waals surface area contributed by atoms with E-state index in [1.54, 1.807) is 25.4 Å². The fourth-order valence-electron chi connectivity index (χ4n) is 1.97. The zero-order valence-electron chi connectivity index (χ0n) is 13.8. The molecular formula is C17H22FIN4O. The van der Waals surface area contributed by atoms with Gasteiger partial charge in [0.25, 0.3) is 0 Å². The maximum absolute atomic E-state index is 13.2. The van der Waals surface area contributed by atoms with Crippen LogP contribution in [0.4, 0.5) is 4.39 Å². The lowest BCUT2D eigenvalue weighted by atomic mass is 10.2. The van der Waals surface area contributed by atoms with Gasteiger partial charge in [-0.1, -0.05) is 18.2 Å². The first-order valence-electron chi connectivity index (χ1n) is 7.47. The van der Waals surface area contributed by atoms with Gasteiger partial charge in [0.1, 0.15) is 5.82 Å². The van der Waals surface area contributed by atoms with Crippen molar-refractivity contribution in [2.75, 3.05) is 13.7 Å². The second-order valence-corrected chi connectivity index (χ2v) is 4.89. The Hall–Kier alpha value is -1.90. The molecule has 24 heavy (non-hydrogen) atoms. The summed E-state index contributed by atoms with van der Waals surface area (Å²) in [5.74, 6) is 1.01. The zero-order chi connectivity index (χ0) is 16.5. The topological polar surface area (TPSA) is 58.5 Å². The lowest BCUT2D eigenvalue weighted by molar-refractivity contribution is 0.397. The molecule has 1 heterocycles. The molecule has 0 aliphatic rings. The highest BCUT2D eigenvalue weighted by Crippen LogP contribution is 2.07. The summed E-state index contributed by atoms with van der Waals surface area (Å²) in [5, 5.41) is 6.34. The highest BCUT2D eigenvalue weighted by Gasteiger charge is 2.00. The van der Waals surface area contributed by atoms with Gasteiger partial charge in [-0.25, -0.2) is 14.4 Å². The molecule has 0 aliphatic carbocycles. The van der Waals surface area contributed by atoms with E-state index in [9.17, 15) is 4.39 Å². The van der Waals surface area contributed by atoms with Crippen LogP contribution in [0.15, 0.2) is 47.6 Å². The van der Waals surface area contributed by atoms with Gasteiger partial charge in [0.2, 0.25) is 5.88 Å². The second-order valence-electron chi connectivity index (χ2n) is 4.89. The van der Waals surface area contributed by atoms with Crippen LogP contribution in [-0.2, 0) is 13.1 Å². The molecule has 2 N–H and O–H groups in total. The van der Waals surface area contributed by atoms with Crippen molar-refractivity contribution >= 4 is 29.9 Å². The number of pyridine rings is 1. The number of halogens is 2. The molecule has 0 saturated carbocycles. The average Bonchev–Trinajstić information content (AvgIpc) is 2.58. The summed E-state index contributed by atoms with van der Waals surface area (Å²) in [6.45, 7) is 3.74. The number of guanidine groups is 1. The monoisotopic (exact) mass is 444 g/mol. The molecule has 0 fully saturated rings. The normalized spacial score (nSPS) is 10.7. The Bertz CT molecular complexity index is 649. The van der Waals surface area contributed by atoms with Crippen LogP contribution in [0.3, 0.4) is 0 Å². The summed E-state index contributed by atoms with van der Waals surface area (Å²) in [4.78, 5) is 8.65. The number of hydrogen-bond acceptors (Lipinski definition) is 3. The first-order chi connectivity index (χ1) is 11.2. The van der Waals surface area contributed by atoms with Gasteiger partial charge in [-0.05, 0) is 30.2 Å². The fraction of sp³-hybridized carbons (Fsp3) is 0.294. The summed E-state index contributed by atoms with van der Waals surface area (Å²) in [6, 6.07) is 10.2. The SMILES string of the molecule is CCNC(=NCc1ccc(OC)nc1)NCc1cccc(F)c1.I. The van der Waals surface area contributed by atoms with E-state index in [0.717, 1.165) is 17.7 Å². The fourth-order valence-corrected chi connectivity index (χ4v) is 1.97. The van der Waals surface area contributed by atoms with E-state index in [4.69, 9.17) is 4.74 Å². The number of aliphatic imine (C=N–C) groups is 1. The number of benzene rings is 1. The van der Waals surface area contributed by atoms with Gasteiger partial charge in [-0.3, -0.25) is 0 Å². The van der Waals surface area contributed by atoms with Crippen LogP contribution >= 0.6 is 24.0 Å². The molecule has 1 aromatic heterocycles. The Labute approximate surface area is 158 Å². The third-order valence-electron chi connectivity index (χ3n) is 3.12. The van der Waals surface area contributed by atoms with Crippen LogP contribution in [0, 0.1) is 5.82 Å². The molecule has 7 heteroatoms. The van der Waals surface area contributed by atoms with Crippen molar-refractivity contribution in [1.82, 2.24) is 15.6 Å². The van der Waals surface area contributed by atoms with Gasteiger partial charge in [-0.15, -0.1) is 24.0 Å². The number of hydrogen-bond donors (Lipinski definition) is 2. The Kier molecular flexibility index (Phi) is 9.06. The standard InChI is InChI=1S/C17H21FN4O.HI/c1-3-19-17(21-10-13-5-4-6-15(18)9-13)22-12-14-7-8-16(23-2)20-11-14;/h4-9,11H,3,10,12H2,1-2H3,(H2,19,21,22);1H. The maximum atomic E-state index is 13.2. The smallest absolute Gasteiger partial charge is 0.212 e. The van der Waals surface area contributed by atoms with Crippen molar-refractivity contribution in [2.24, 2.45) is 4.99 Å². The largest absolute Gasteiger partial charge is 0.481 e. The first kappa shape index (κ1) is 20.1. The molecule has 0 atom stereocenters. The summed E-state index contributed by atoms with van der Waals surface area (Å²) in [6.07, 6.45) is 1.73. The third-order valence-corrected chi connectivity index (χ3v) is 3.12. The van der Waals surface area contributed by atoms with Crippen molar-refractivity contribution in [2.45, 2.75) is 20.0 Å². The first-order valence-corrected chi connectivity index (χ1v) is 7.47. The Morgan fingerprint density at radius 2 is 2.04 bits per heavy atom. The molecule has 0 amide bonds. The van der Waals surface area contributed by atoms with Gasteiger partial charge in [0, 0.05) is 25.4 Å². The molecule has 1 aromatic carbocycles. The summed E-state index contributed by atoms with van der Waals surface area (Å²) in [5.41, 5.74) is 1.84. The predicted octanol–water partition coefficient (Wildman–Crippen LogP) is 3.10. The number of nitrogens with one attached hydrogen (secondary N) is 2. The molecule has 130 valence electrons. The van der Waals surface area contributed by atoms with Gasteiger partial charge >= 0.3 is 0 Å². The Morgan fingerprint density at radius 1 is 1.21 bits per heavy atom. The van der Waals surface area contributed by atoms with E-state index in [1.165, 1.54) is 12.1 Å². The summed E-state index contributed by atoms with van der Waals surface area (Å²) in [7, 11) is 1.58. The molecule has 0 saturated heterocycles. The minimum absolute atomic E-state index is 0. The van der Waals surface area contributed by atoms with Crippen LogP contribution < -0.4 is 15.4 Å². The lowest BCUT2D eigenvalue weighted by Gasteiger charge is -2.11. The van der Waals surface area contributed by atoms with E-state index in [2.05, 4.69) is 20.6 Å². The number of nitrogens with zero attached hydrogens (tertiary/aromatic N) is 2. The number of rotatable bonds is 6. The van der Waals surface area contributed by atoms with Crippen LogP contribution in [0.1, 0.15) is 18.1 Å². The molecule has 0 aliphatic heterocycles. The number of ether oxygens (including phenoxy) is 1. The van der Waals surface area contributed by atoms with Crippen LogP contribution in [0.5, 0.6) is 5.88 Å². The number of aromatic nitrogens is 1. The van der Waals surface area contributed by atoms with Crippen LogP contribution in [-0.4, -0.2) is 24.6 Å². The molecule has 0 bridgehead atoms. The molecule has 0 radical (unpaired) electrons. The highest BCUT2D eigenvalue weighted by molar-refractivity contribution is 14.0. The Morgan fingerprint density at radius 3 is 2.67 bits per heavy atom. The molecule has 0 spiro atoms. The molecular weight excluding hydrogens is 422 g/mol. The highest BCUT2D eigenvalue weighted by atomic mass is 127. The van der Waals surface area contributed by atoms with Gasteiger partial charge in [0.05, 0.1) is 13.7 Å². The van der Waals surface area contributed by atoms with Crippen molar-refractivity contribution in [3.05, 3.63) is 59.5 Å². The van der Waals surface area contributed by atoms with Crippen molar-refractivity contribution in [1.29, 1.82) is 0 Å². The van der Waals surface area contributed by atoms with E-state index in [-0.39, 0.29) is 29.8 Å². The van der Waals surface area contributed by atoms with Crippen molar-refractivity contribution in [3.63, 3.8) is 0 Å². The van der Waals surface area contributed by atoms with E-state index < -0.39 is 0 Å². The maximum Gasteiger partial charge on any atom is 0.212 e. The lowest BCUT2D eigenvalue weighted by Crippen LogP contribution is -2.36. The predicted molar refractivity (Wildman–Crippen MR) is 104 cm³/mol.